The van der Waals surface area contributed by atoms with Gasteiger partial charge < -0.3 is 0 Å². The third-order valence-electron chi connectivity index (χ3n) is 2.30. The van der Waals surface area contributed by atoms with Crippen LogP contribution in [0, 0.1) is 0 Å². The molecule has 0 aliphatic carbocycles. The number of carbonyl (C=O) groups is 1. The molecule has 0 radical (unpaired) electrons. The fraction of sp³-hybridized carbons (Fsp3) is 0.889. The second kappa shape index (κ2) is 5.75. The normalized spacial score (nSPS) is 22.8. The predicted octanol–water partition coefficient (Wildman–Crippen LogP) is 4.36. The summed E-state index contributed by atoms with van der Waals surface area (Å²) in [4.78, 5) is 11.8. The smallest absolute Gasteiger partial charge is 0.273 e. The van der Waals surface area contributed by atoms with Gasteiger partial charge in [-0.25, -0.2) is 0 Å². The average molecular weight is 325 g/mol. The molecule has 0 spiro atoms. The zero-order valence-corrected chi connectivity index (χ0v) is 12.7. The van der Waals surface area contributed by atoms with Gasteiger partial charge >= 0.3 is 0 Å². The lowest BCUT2D eigenvalue weighted by atomic mass is 10.2. The van der Waals surface area contributed by atoms with Crippen LogP contribution in [0.4, 0.5) is 0 Å². The molecule has 1 heterocycles. The molecule has 0 unspecified atom stereocenters. The molecule has 0 aromatic carbocycles. The van der Waals surface area contributed by atoms with Crippen molar-refractivity contribution in [3.8, 4) is 0 Å². The van der Waals surface area contributed by atoms with Crippen molar-refractivity contribution in [1.29, 1.82) is 0 Å². The quantitative estimate of drug-likeness (QED) is 0.425. The third kappa shape index (κ3) is 3.05. The van der Waals surface area contributed by atoms with Gasteiger partial charge in [0.15, 0.2) is 0 Å². The first-order valence-corrected chi connectivity index (χ1v) is 7.38. The Morgan fingerprint density at radius 3 is 2.25 bits per heavy atom. The molecule has 1 rings (SSSR count). The minimum atomic E-state index is -1.76. The Labute approximate surface area is 120 Å². The molecular formula is C9H13Cl4NOS. The van der Waals surface area contributed by atoms with E-state index in [2.05, 4.69) is 6.92 Å². The second-order valence-corrected chi connectivity index (χ2v) is 7.99. The maximum absolute atomic E-state index is 11.8. The van der Waals surface area contributed by atoms with E-state index in [9.17, 15) is 4.79 Å². The van der Waals surface area contributed by atoms with E-state index in [0.717, 1.165) is 37.6 Å². The van der Waals surface area contributed by atoms with Crippen LogP contribution in [0.2, 0.25) is 0 Å². The van der Waals surface area contributed by atoms with Crippen LogP contribution >= 0.6 is 58.4 Å². The van der Waals surface area contributed by atoms with Gasteiger partial charge in [0.1, 0.15) is 0 Å². The molecular weight excluding hydrogens is 312 g/mol. The maximum atomic E-state index is 11.8. The molecule has 16 heavy (non-hydrogen) atoms. The van der Waals surface area contributed by atoms with Crippen LogP contribution in [0.3, 0.4) is 0 Å². The van der Waals surface area contributed by atoms with Crippen molar-refractivity contribution in [1.82, 2.24) is 4.31 Å². The molecule has 0 bridgehead atoms. The van der Waals surface area contributed by atoms with E-state index in [1.54, 1.807) is 0 Å². The topological polar surface area (TPSA) is 20.3 Å². The van der Waals surface area contributed by atoms with Gasteiger partial charge in [-0.2, -0.15) is 0 Å². The Morgan fingerprint density at radius 1 is 1.19 bits per heavy atom. The van der Waals surface area contributed by atoms with E-state index >= 15 is 0 Å². The SMILES string of the molecule is CCCCCCN1SC(Cl)(Cl)C(Cl)(Cl)C1=O. The number of alkyl halides is 4. The summed E-state index contributed by atoms with van der Waals surface area (Å²) in [7, 11) is 0. The Morgan fingerprint density at radius 2 is 1.81 bits per heavy atom. The van der Waals surface area contributed by atoms with Gasteiger partial charge in [-0.1, -0.05) is 72.6 Å². The van der Waals surface area contributed by atoms with Crippen molar-refractivity contribution in [3.05, 3.63) is 0 Å². The highest BCUT2D eigenvalue weighted by molar-refractivity contribution is 8.02. The van der Waals surface area contributed by atoms with Crippen molar-refractivity contribution < 1.29 is 4.79 Å². The van der Waals surface area contributed by atoms with Gasteiger partial charge in [0, 0.05) is 6.54 Å². The first kappa shape index (κ1) is 15.0. The minimum absolute atomic E-state index is 0.428. The van der Waals surface area contributed by atoms with Crippen molar-refractivity contribution in [2.75, 3.05) is 6.54 Å². The van der Waals surface area contributed by atoms with Gasteiger partial charge in [-0.3, -0.25) is 9.10 Å². The molecule has 1 fully saturated rings. The van der Waals surface area contributed by atoms with Crippen LogP contribution in [0.1, 0.15) is 32.6 Å². The first-order valence-electron chi connectivity index (χ1n) is 5.09. The number of hydrogen-bond acceptors (Lipinski definition) is 2. The van der Waals surface area contributed by atoms with Crippen molar-refractivity contribution in [2.45, 2.75) is 40.6 Å². The molecule has 0 aromatic rings. The Bertz CT molecular complexity index is 272. The standard InChI is InChI=1S/C9H13Cl4NOS/c1-2-3-4-5-6-14-7(15)8(10,11)9(12,13)16-14/h2-6H2,1H3. The van der Waals surface area contributed by atoms with Crippen LogP contribution in [0.15, 0.2) is 0 Å². The number of amides is 1. The molecule has 1 amide bonds. The molecule has 2 nitrogen and oxygen atoms in total. The van der Waals surface area contributed by atoms with Crippen molar-refractivity contribution in [2.24, 2.45) is 0 Å². The highest BCUT2D eigenvalue weighted by Crippen LogP contribution is 2.58. The van der Waals surface area contributed by atoms with Crippen LogP contribution in [0.25, 0.3) is 0 Å². The largest absolute Gasteiger partial charge is 0.281 e. The van der Waals surface area contributed by atoms with E-state index in [0.29, 0.717) is 6.54 Å². The highest BCUT2D eigenvalue weighted by atomic mass is 35.5. The van der Waals surface area contributed by atoms with Crippen LogP contribution in [0.5, 0.6) is 0 Å². The summed E-state index contributed by atoms with van der Waals surface area (Å²) in [5, 5.41) is 0. The van der Waals surface area contributed by atoms with E-state index in [1.165, 1.54) is 4.31 Å². The zero-order chi connectivity index (χ0) is 12.4. The van der Waals surface area contributed by atoms with Gasteiger partial charge in [0.25, 0.3) is 5.91 Å². The minimum Gasteiger partial charge on any atom is -0.281 e. The highest BCUT2D eigenvalue weighted by Gasteiger charge is 2.62. The third-order valence-corrected chi connectivity index (χ3v) is 5.89. The molecule has 0 aromatic heterocycles. The van der Waals surface area contributed by atoms with Crippen LogP contribution < -0.4 is 0 Å². The van der Waals surface area contributed by atoms with E-state index in [1.807, 2.05) is 0 Å². The van der Waals surface area contributed by atoms with Crippen molar-refractivity contribution in [3.63, 3.8) is 0 Å². The maximum Gasteiger partial charge on any atom is 0.273 e. The van der Waals surface area contributed by atoms with Crippen LogP contribution in [-0.2, 0) is 4.79 Å². The lowest BCUT2D eigenvalue weighted by Gasteiger charge is -2.18. The fourth-order valence-electron chi connectivity index (χ4n) is 1.35. The Balaban J connectivity index is 2.50. The molecule has 0 N–H and O–H groups in total. The summed E-state index contributed by atoms with van der Waals surface area (Å²) >= 11 is 24.4. The van der Waals surface area contributed by atoms with E-state index in [-0.39, 0.29) is 0 Å². The van der Waals surface area contributed by atoms with Crippen LogP contribution in [-0.4, -0.2) is 24.8 Å². The summed E-state index contributed by atoms with van der Waals surface area (Å²) in [5.41, 5.74) is 0. The van der Waals surface area contributed by atoms with Gasteiger partial charge in [-0.15, -0.1) is 0 Å². The lowest BCUT2D eigenvalue weighted by Crippen LogP contribution is -2.37. The molecule has 1 aliphatic rings. The molecule has 7 heteroatoms. The molecule has 94 valence electrons. The van der Waals surface area contributed by atoms with Gasteiger partial charge in [-0.05, 0) is 18.4 Å². The summed E-state index contributed by atoms with van der Waals surface area (Å²) in [6.07, 6.45) is 4.26. The summed E-state index contributed by atoms with van der Waals surface area (Å²) in [5.74, 6) is -0.428. The number of nitrogens with zero attached hydrogens (tertiary/aromatic N) is 1. The van der Waals surface area contributed by atoms with Gasteiger partial charge in [0.05, 0.1) is 0 Å². The summed E-state index contributed by atoms with van der Waals surface area (Å²) in [6.45, 7) is 2.70. The molecule has 1 aliphatic heterocycles. The zero-order valence-electron chi connectivity index (χ0n) is 8.81. The van der Waals surface area contributed by atoms with Crippen molar-refractivity contribution >= 4 is 64.3 Å². The van der Waals surface area contributed by atoms with Gasteiger partial charge in [0.2, 0.25) is 8.00 Å². The molecule has 1 saturated heterocycles. The number of halogens is 4. The fourth-order valence-corrected chi connectivity index (χ4v) is 3.44. The molecule has 0 atom stereocenters. The average Bonchev–Trinajstić information content (AvgIpc) is 2.34. The Kier molecular flexibility index (Phi) is 5.40. The first-order chi connectivity index (χ1) is 7.33. The number of unbranched alkanes of at least 4 members (excludes halogenated alkanes) is 3. The Hall–Kier alpha value is 0.980. The number of carbonyl (C=O) groups excluding carboxylic acids is 1. The number of hydrogen-bond donors (Lipinski definition) is 0. The summed E-state index contributed by atoms with van der Waals surface area (Å²) in [6, 6.07) is 0. The lowest BCUT2D eigenvalue weighted by molar-refractivity contribution is -0.125. The summed E-state index contributed by atoms with van der Waals surface area (Å²) < 4.78 is -1.81. The monoisotopic (exact) mass is 323 g/mol. The second-order valence-electron chi connectivity index (χ2n) is 3.65. The predicted molar refractivity (Wildman–Crippen MR) is 72.3 cm³/mol. The van der Waals surface area contributed by atoms with E-state index < -0.39 is 13.9 Å². The number of rotatable bonds is 5. The molecule has 0 saturated carbocycles. The van der Waals surface area contributed by atoms with E-state index in [4.69, 9.17) is 46.4 Å².